The summed E-state index contributed by atoms with van der Waals surface area (Å²) in [5, 5.41) is 3.66. The van der Waals surface area contributed by atoms with Crippen LogP contribution in [0.15, 0.2) is 18.2 Å². The van der Waals surface area contributed by atoms with E-state index < -0.39 is 0 Å². The Bertz CT molecular complexity index is 538. The molecule has 2 rings (SSSR count). The average Bonchev–Trinajstić information content (AvgIpc) is 2.43. The van der Waals surface area contributed by atoms with Crippen LogP contribution in [0.3, 0.4) is 0 Å². The lowest BCUT2D eigenvalue weighted by atomic mass is 9.98. The molecule has 7 heteroatoms. The molecular weight excluding hydrogens is 317 g/mol. The number of urea groups is 1. The molecule has 3 N–H and O–H groups in total. The van der Waals surface area contributed by atoms with Crippen molar-refractivity contribution in [2.45, 2.75) is 12.8 Å². The topological polar surface area (TPSA) is 58.4 Å². The van der Waals surface area contributed by atoms with Gasteiger partial charge in [-0.15, -0.1) is 0 Å². The molecule has 0 bridgehead atoms. The molecule has 1 heterocycles. The van der Waals surface area contributed by atoms with Gasteiger partial charge in [-0.2, -0.15) is 0 Å². The minimum Gasteiger partial charge on any atom is -0.393 e. The summed E-state index contributed by atoms with van der Waals surface area (Å²) in [5.41, 5.74) is 6.27. The van der Waals surface area contributed by atoms with Gasteiger partial charge in [0.15, 0.2) is 0 Å². The quantitative estimate of drug-likeness (QED) is 0.815. The zero-order valence-electron chi connectivity index (χ0n) is 10.7. The lowest BCUT2D eigenvalue weighted by molar-refractivity contribution is 0.191. The molecule has 1 atom stereocenters. The Morgan fingerprint density at radius 2 is 2.15 bits per heavy atom. The van der Waals surface area contributed by atoms with Crippen molar-refractivity contribution in [2.75, 3.05) is 18.4 Å². The maximum atomic E-state index is 12.2. The molecule has 1 saturated heterocycles. The summed E-state index contributed by atoms with van der Waals surface area (Å²) < 4.78 is 0. The summed E-state index contributed by atoms with van der Waals surface area (Å²) in [4.78, 5) is 14.4. The number of likely N-dealkylation sites (tertiary alicyclic amines) is 1. The fourth-order valence-electron chi connectivity index (χ4n) is 2.17. The Balaban J connectivity index is 2.00. The van der Waals surface area contributed by atoms with Crippen LogP contribution in [0.4, 0.5) is 10.5 Å². The number of hydrogen-bond acceptors (Lipinski definition) is 2. The van der Waals surface area contributed by atoms with Crippen LogP contribution >= 0.6 is 35.4 Å². The van der Waals surface area contributed by atoms with Crippen molar-refractivity contribution in [3.05, 3.63) is 28.2 Å². The zero-order valence-corrected chi connectivity index (χ0v) is 13.1. The normalized spacial score (nSPS) is 18.7. The van der Waals surface area contributed by atoms with Crippen molar-refractivity contribution in [1.29, 1.82) is 0 Å². The number of piperidine rings is 1. The molecule has 108 valence electrons. The van der Waals surface area contributed by atoms with Crippen molar-refractivity contribution in [3.8, 4) is 0 Å². The SMILES string of the molecule is NC(=S)C1CCCN(C(=O)Nc2ccc(Cl)c(Cl)c2)C1. The minimum atomic E-state index is -0.177. The van der Waals surface area contributed by atoms with E-state index in [1.165, 1.54) is 0 Å². The van der Waals surface area contributed by atoms with Crippen molar-refractivity contribution < 1.29 is 4.79 Å². The first-order valence-corrected chi connectivity index (χ1v) is 7.44. The minimum absolute atomic E-state index is 0.0957. The standard InChI is InChI=1S/C13H15Cl2N3OS/c14-10-4-3-9(6-11(10)15)17-13(19)18-5-1-2-8(7-18)12(16)20/h3-4,6,8H,1-2,5,7H2,(H2,16,20)(H,17,19). The highest BCUT2D eigenvalue weighted by Gasteiger charge is 2.25. The molecule has 0 spiro atoms. The van der Waals surface area contributed by atoms with Crippen LogP contribution in [0.2, 0.25) is 10.0 Å². The molecule has 0 aliphatic carbocycles. The van der Waals surface area contributed by atoms with E-state index in [0.29, 0.717) is 33.8 Å². The second kappa shape index (κ2) is 6.61. The first-order chi connectivity index (χ1) is 9.47. The molecule has 20 heavy (non-hydrogen) atoms. The van der Waals surface area contributed by atoms with Gasteiger partial charge in [-0.05, 0) is 31.0 Å². The maximum Gasteiger partial charge on any atom is 0.321 e. The summed E-state index contributed by atoms with van der Waals surface area (Å²) in [6.07, 6.45) is 1.84. The fourth-order valence-corrected chi connectivity index (χ4v) is 2.66. The van der Waals surface area contributed by atoms with Crippen molar-refractivity contribution >= 4 is 52.1 Å². The van der Waals surface area contributed by atoms with E-state index >= 15 is 0 Å². The molecule has 1 fully saturated rings. The van der Waals surface area contributed by atoms with Gasteiger partial charge in [0, 0.05) is 24.7 Å². The Morgan fingerprint density at radius 1 is 1.40 bits per heavy atom. The predicted molar refractivity (Wildman–Crippen MR) is 86.6 cm³/mol. The van der Waals surface area contributed by atoms with Crippen LogP contribution in [0, 0.1) is 5.92 Å². The molecule has 1 unspecified atom stereocenters. The summed E-state index contributed by atoms with van der Waals surface area (Å²) >= 11 is 16.8. The van der Waals surface area contributed by atoms with E-state index in [-0.39, 0.29) is 11.9 Å². The predicted octanol–water partition coefficient (Wildman–Crippen LogP) is 3.52. The number of carbonyl (C=O) groups is 1. The Labute approximate surface area is 133 Å². The van der Waals surface area contributed by atoms with Gasteiger partial charge < -0.3 is 16.0 Å². The third-order valence-electron chi connectivity index (χ3n) is 3.28. The Morgan fingerprint density at radius 3 is 2.80 bits per heavy atom. The lowest BCUT2D eigenvalue weighted by Crippen LogP contribution is -2.45. The third-order valence-corrected chi connectivity index (χ3v) is 4.35. The van der Waals surface area contributed by atoms with Crippen LogP contribution < -0.4 is 11.1 Å². The number of rotatable bonds is 2. The first kappa shape index (κ1) is 15.4. The van der Waals surface area contributed by atoms with Gasteiger partial charge in [-0.3, -0.25) is 0 Å². The highest BCUT2D eigenvalue weighted by atomic mass is 35.5. The van der Waals surface area contributed by atoms with Gasteiger partial charge >= 0.3 is 6.03 Å². The summed E-state index contributed by atoms with van der Waals surface area (Å²) in [6, 6.07) is 4.80. The highest BCUT2D eigenvalue weighted by molar-refractivity contribution is 7.80. The van der Waals surface area contributed by atoms with Crippen LogP contribution in [0.25, 0.3) is 0 Å². The van der Waals surface area contributed by atoms with Gasteiger partial charge in [-0.25, -0.2) is 4.79 Å². The number of thiocarbonyl (C=S) groups is 1. The number of amides is 2. The molecule has 1 aromatic rings. The second-order valence-electron chi connectivity index (χ2n) is 4.75. The Kier molecular flexibility index (Phi) is 5.07. The van der Waals surface area contributed by atoms with E-state index in [4.69, 9.17) is 41.2 Å². The number of anilines is 1. The van der Waals surface area contributed by atoms with E-state index in [1.54, 1.807) is 23.1 Å². The van der Waals surface area contributed by atoms with E-state index in [9.17, 15) is 4.79 Å². The number of nitrogens with one attached hydrogen (secondary N) is 1. The van der Waals surface area contributed by atoms with Crippen LogP contribution in [0.5, 0.6) is 0 Å². The molecule has 1 aliphatic rings. The first-order valence-electron chi connectivity index (χ1n) is 6.27. The molecule has 2 amide bonds. The number of hydrogen-bond donors (Lipinski definition) is 2. The number of carbonyl (C=O) groups excluding carboxylic acids is 1. The molecule has 1 aromatic carbocycles. The van der Waals surface area contributed by atoms with Crippen molar-refractivity contribution in [2.24, 2.45) is 11.7 Å². The molecule has 4 nitrogen and oxygen atoms in total. The smallest absolute Gasteiger partial charge is 0.321 e. The second-order valence-corrected chi connectivity index (χ2v) is 6.03. The van der Waals surface area contributed by atoms with Gasteiger partial charge in [0.05, 0.1) is 15.0 Å². The number of benzene rings is 1. The largest absolute Gasteiger partial charge is 0.393 e. The Hall–Kier alpha value is -1.04. The molecule has 0 radical (unpaired) electrons. The molecule has 1 aliphatic heterocycles. The van der Waals surface area contributed by atoms with Crippen LogP contribution in [-0.4, -0.2) is 29.0 Å². The van der Waals surface area contributed by atoms with Crippen molar-refractivity contribution in [3.63, 3.8) is 0 Å². The van der Waals surface area contributed by atoms with E-state index in [0.717, 1.165) is 12.8 Å². The molecular formula is C13H15Cl2N3OS. The highest BCUT2D eigenvalue weighted by Crippen LogP contribution is 2.25. The van der Waals surface area contributed by atoms with E-state index in [1.807, 2.05) is 0 Å². The monoisotopic (exact) mass is 331 g/mol. The molecule has 0 saturated carbocycles. The third kappa shape index (κ3) is 3.75. The summed E-state index contributed by atoms with van der Waals surface area (Å²) in [5.74, 6) is 0.0957. The van der Waals surface area contributed by atoms with Gasteiger partial charge in [0.2, 0.25) is 0 Å². The number of nitrogens with zero attached hydrogens (tertiary/aromatic N) is 1. The van der Waals surface area contributed by atoms with Gasteiger partial charge in [0.25, 0.3) is 0 Å². The molecule has 0 aromatic heterocycles. The van der Waals surface area contributed by atoms with Crippen molar-refractivity contribution in [1.82, 2.24) is 4.90 Å². The number of halogens is 2. The zero-order chi connectivity index (χ0) is 14.7. The van der Waals surface area contributed by atoms with Gasteiger partial charge in [-0.1, -0.05) is 35.4 Å². The number of nitrogens with two attached hydrogens (primary N) is 1. The van der Waals surface area contributed by atoms with Gasteiger partial charge in [0.1, 0.15) is 0 Å². The van der Waals surface area contributed by atoms with Crippen LogP contribution in [0.1, 0.15) is 12.8 Å². The van der Waals surface area contributed by atoms with Crippen LogP contribution in [-0.2, 0) is 0 Å². The van der Waals surface area contributed by atoms with E-state index in [2.05, 4.69) is 5.32 Å². The maximum absolute atomic E-state index is 12.2. The summed E-state index contributed by atoms with van der Waals surface area (Å²) in [6.45, 7) is 1.26. The summed E-state index contributed by atoms with van der Waals surface area (Å²) in [7, 11) is 0. The fraction of sp³-hybridized carbons (Fsp3) is 0.385. The average molecular weight is 332 g/mol. The lowest BCUT2D eigenvalue weighted by Gasteiger charge is -2.32.